The van der Waals surface area contributed by atoms with Crippen LogP contribution in [0, 0.1) is 0 Å². The molecule has 32 heavy (non-hydrogen) atoms. The molecule has 6 heteroatoms. The van der Waals surface area contributed by atoms with Crippen LogP contribution in [0.3, 0.4) is 0 Å². The van der Waals surface area contributed by atoms with Crippen molar-refractivity contribution in [3.63, 3.8) is 0 Å². The number of ketones is 2. The Bertz CT molecular complexity index is 1210. The van der Waals surface area contributed by atoms with Gasteiger partial charge in [0.25, 0.3) is 11.7 Å². The fourth-order valence-electron chi connectivity index (χ4n) is 3.81. The zero-order chi connectivity index (χ0) is 22.8. The predicted octanol–water partition coefficient (Wildman–Crippen LogP) is 4.52. The van der Waals surface area contributed by atoms with Crippen LogP contribution in [-0.2, 0) is 9.59 Å². The summed E-state index contributed by atoms with van der Waals surface area (Å²) in [4.78, 5) is 39.2. The Balaban J connectivity index is 1.90. The van der Waals surface area contributed by atoms with Gasteiger partial charge in [0.05, 0.1) is 18.7 Å². The van der Waals surface area contributed by atoms with E-state index < -0.39 is 17.7 Å². The normalized spacial score (nSPS) is 17.4. The molecule has 0 aliphatic carbocycles. The molecule has 3 aromatic carbocycles. The van der Waals surface area contributed by atoms with Crippen LogP contribution in [-0.4, -0.2) is 29.7 Å². The number of aliphatic hydroxyl groups is 1. The standard InChI is InChI=1S/C26H21NO5/c1-16(28)17-8-12-20(13-9-17)27-23(18-10-14-21(32-2)15-11-18)22(25(30)26(27)31)24(29)19-6-4-3-5-7-19/h3-15,23,29H,1-2H3/t23-/m0/s1. The molecule has 0 saturated carbocycles. The van der Waals surface area contributed by atoms with Crippen LogP contribution in [0.5, 0.6) is 5.75 Å². The lowest BCUT2D eigenvalue weighted by Gasteiger charge is -2.25. The van der Waals surface area contributed by atoms with Crippen molar-refractivity contribution in [2.24, 2.45) is 0 Å². The number of carbonyl (C=O) groups is 3. The quantitative estimate of drug-likeness (QED) is 0.280. The van der Waals surface area contributed by atoms with Gasteiger partial charge in [0.2, 0.25) is 0 Å². The van der Waals surface area contributed by atoms with Crippen LogP contribution < -0.4 is 9.64 Å². The van der Waals surface area contributed by atoms with Crippen LogP contribution in [0.4, 0.5) is 5.69 Å². The van der Waals surface area contributed by atoms with Gasteiger partial charge >= 0.3 is 0 Å². The van der Waals surface area contributed by atoms with Crippen LogP contribution >= 0.6 is 0 Å². The van der Waals surface area contributed by atoms with Gasteiger partial charge in [-0.25, -0.2) is 0 Å². The number of aliphatic hydroxyl groups excluding tert-OH is 1. The Hall–Kier alpha value is -4.19. The molecule has 0 unspecified atom stereocenters. The maximum Gasteiger partial charge on any atom is 0.300 e. The minimum atomic E-state index is -0.843. The van der Waals surface area contributed by atoms with Crippen molar-refractivity contribution >= 4 is 28.9 Å². The van der Waals surface area contributed by atoms with E-state index in [0.29, 0.717) is 28.1 Å². The average Bonchev–Trinajstić information content (AvgIpc) is 3.09. The molecule has 1 aliphatic rings. The smallest absolute Gasteiger partial charge is 0.300 e. The number of benzene rings is 3. The highest BCUT2D eigenvalue weighted by Crippen LogP contribution is 2.42. The second kappa shape index (κ2) is 8.51. The molecule has 6 nitrogen and oxygen atoms in total. The summed E-state index contributed by atoms with van der Waals surface area (Å²) in [6, 6.07) is 21.2. The molecule has 1 saturated heterocycles. The first-order chi connectivity index (χ1) is 15.4. The Kier molecular flexibility index (Phi) is 5.60. The van der Waals surface area contributed by atoms with Crippen molar-refractivity contribution in [1.29, 1.82) is 0 Å². The Morgan fingerprint density at radius 3 is 2.06 bits per heavy atom. The van der Waals surface area contributed by atoms with Gasteiger partial charge in [0.1, 0.15) is 11.5 Å². The number of hydrogen-bond donors (Lipinski definition) is 1. The highest BCUT2D eigenvalue weighted by atomic mass is 16.5. The third kappa shape index (κ3) is 3.67. The second-order valence-corrected chi connectivity index (χ2v) is 7.41. The molecule has 3 aromatic rings. The summed E-state index contributed by atoms with van der Waals surface area (Å²) in [6.45, 7) is 1.46. The Morgan fingerprint density at radius 2 is 1.50 bits per heavy atom. The topological polar surface area (TPSA) is 83.9 Å². The summed E-state index contributed by atoms with van der Waals surface area (Å²) >= 11 is 0. The van der Waals surface area contributed by atoms with E-state index in [0.717, 1.165) is 0 Å². The number of rotatable bonds is 5. The number of nitrogens with zero attached hydrogens (tertiary/aromatic N) is 1. The number of Topliss-reactive ketones (excluding diaryl/α,β-unsaturated/α-hetero) is 2. The number of methoxy groups -OCH3 is 1. The van der Waals surface area contributed by atoms with E-state index in [2.05, 4.69) is 0 Å². The van der Waals surface area contributed by atoms with Crippen molar-refractivity contribution < 1.29 is 24.2 Å². The molecule has 0 aromatic heterocycles. The molecule has 1 fully saturated rings. The maximum absolute atomic E-state index is 13.1. The largest absolute Gasteiger partial charge is 0.507 e. The third-order valence-corrected chi connectivity index (χ3v) is 5.48. The van der Waals surface area contributed by atoms with E-state index in [4.69, 9.17) is 4.74 Å². The van der Waals surface area contributed by atoms with E-state index in [9.17, 15) is 19.5 Å². The number of ether oxygens (including phenoxy) is 1. The van der Waals surface area contributed by atoms with Gasteiger partial charge in [-0.2, -0.15) is 0 Å². The lowest BCUT2D eigenvalue weighted by Crippen LogP contribution is -2.29. The van der Waals surface area contributed by atoms with E-state index in [1.807, 2.05) is 0 Å². The summed E-state index contributed by atoms with van der Waals surface area (Å²) in [6.07, 6.45) is 0. The highest BCUT2D eigenvalue weighted by molar-refractivity contribution is 6.51. The van der Waals surface area contributed by atoms with E-state index in [-0.39, 0.29) is 17.1 Å². The molecule has 0 spiro atoms. The molecule has 1 heterocycles. The predicted molar refractivity (Wildman–Crippen MR) is 121 cm³/mol. The first kappa shape index (κ1) is 21.1. The summed E-state index contributed by atoms with van der Waals surface area (Å²) < 4.78 is 5.22. The molecule has 1 N–H and O–H groups in total. The van der Waals surface area contributed by atoms with Crippen LogP contribution in [0.1, 0.15) is 34.5 Å². The van der Waals surface area contributed by atoms with Crippen molar-refractivity contribution in [3.05, 3.63) is 101 Å². The monoisotopic (exact) mass is 427 g/mol. The lowest BCUT2D eigenvalue weighted by molar-refractivity contribution is -0.132. The van der Waals surface area contributed by atoms with Gasteiger partial charge in [-0.05, 0) is 48.9 Å². The van der Waals surface area contributed by atoms with Gasteiger partial charge in [-0.1, -0.05) is 42.5 Å². The number of anilines is 1. The van der Waals surface area contributed by atoms with E-state index in [1.165, 1.54) is 11.8 Å². The first-order valence-electron chi connectivity index (χ1n) is 10.0. The molecule has 0 bridgehead atoms. The third-order valence-electron chi connectivity index (χ3n) is 5.48. The lowest BCUT2D eigenvalue weighted by atomic mass is 9.95. The van der Waals surface area contributed by atoms with Gasteiger partial charge in [0, 0.05) is 16.8 Å². The zero-order valence-corrected chi connectivity index (χ0v) is 17.6. The molecular weight excluding hydrogens is 406 g/mol. The van der Waals surface area contributed by atoms with Crippen LogP contribution in [0.25, 0.3) is 5.76 Å². The van der Waals surface area contributed by atoms with Gasteiger partial charge in [-0.15, -0.1) is 0 Å². The molecule has 0 radical (unpaired) electrons. The van der Waals surface area contributed by atoms with Gasteiger partial charge < -0.3 is 9.84 Å². The zero-order valence-electron chi connectivity index (χ0n) is 17.6. The van der Waals surface area contributed by atoms with Crippen LogP contribution in [0.2, 0.25) is 0 Å². The first-order valence-corrected chi connectivity index (χ1v) is 10.0. The van der Waals surface area contributed by atoms with Crippen molar-refractivity contribution in [3.8, 4) is 5.75 Å². The molecule has 160 valence electrons. The highest BCUT2D eigenvalue weighted by Gasteiger charge is 2.46. The van der Waals surface area contributed by atoms with Gasteiger partial charge in [-0.3, -0.25) is 19.3 Å². The fourth-order valence-corrected chi connectivity index (χ4v) is 3.81. The van der Waals surface area contributed by atoms with Crippen LogP contribution in [0.15, 0.2) is 84.4 Å². The summed E-state index contributed by atoms with van der Waals surface area (Å²) in [7, 11) is 1.55. The summed E-state index contributed by atoms with van der Waals surface area (Å²) in [5, 5.41) is 11.0. The Labute approximate surface area is 185 Å². The molecular formula is C26H21NO5. The van der Waals surface area contributed by atoms with Crippen molar-refractivity contribution in [1.82, 2.24) is 0 Å². The molecule has 1 atom stereocenters. The minimum absolute atomic E-state index is 0.00186. The number of hydrogen-bond acceptors (Lipinski definition) is 5. The van der Waals surface area contributed by atoms with Crippen molar-refractivity contribution in [2.45, 2.75) is 13.0 Å². The minimum Gasteiger partial charge on any atom is -0.507 e. The number of amides is 1. The second-order valence-electron chi connectivity index (χ2n) is 7.41. The maximum atomic E-state index is 13.1. The number of carbonyl (C=O) groups excluding carboxylic acids is 3. The molecule has 1 aliphatic heterocycles. The molecule has 4 rings (SSSR count). The van der Waals surface area contributed by atoms with Crippen molar-refractivity contribution in [2.75, 3.05) is 12.0 Å². The fraction of sp³-hybridized carbons (Fsp3) is 0.115. The SMILES string of the molecule is COc1ccc([C@H]2C(=C(O)c3ccccc3)C(=O)C(=O)N2c2ccc(C(C)=O)cc2)cc1. The molecule has 1 amide bonds. The van der Waals surface area contributed by atoms with E-state index in [1.54, 1.807) is 86.0 Å². The summed E-state index contributed by atoms with van der Waals surface area (Å²) in [5.74, 6) is -1.25. The van der Waals surface area contributed by atoms with E-state index >= 15 is 0 Å². The average molecular weight is 427 g/mol. The van der Waals surface area contributed by atoms with Gasteiger partial charge in [0.15, 0.2) is 5.78 Å². The summed E-state index contributed by atoms with van der Waals surface area (Å²) in [5.41, 5.74) is 2.02. The Morgan fingerprint density at radius 1 is 0.875 bits per heavy atom.